The molecular weight excluding hydrogens is 637 g/mol. The molecule has 2 amide bonds. The molecule has 0 aliphatic heterocycles. The lowest BCUT2D eigenvalue weighted by molar-refractivity contribution is -0.139. The second-order valence-electron chi connectivity index (χ2n) is 10.3. The number of benzene rings is 3. The number of sulfonamides is 1. The fraction of sp³-hybridized carbons (Fsp3) is 0.355. The van der Waals surface area contributed by atoms with Crippen LogP contribution >= 0.6 is 22.6 Å². The summed E-state index contributed by atoms with van der Waals surface area (Å²) >= 11 is 2.15. The number of hydrogen-bond donors (Lipinski definition) is 1. The summed E-state index contributed by atoms with van der Waals surface area (Å²) in [6.07, 6.45) is 5.19. The Morgan fingerprint density at radius 3 is 2.27 bits per heavy atom. The maximum Gasteiger partial charge on any atom is 0.264 e. The molecule has 1 saturated carbocycles. The summed E-state index contributed by atoms with van der Waals surface area (Å²) in [7, 11) is -4.06. The highest BCUT2D eigenvalue weighted by atomic mass is 127. The first-order valence-corrected chi connectivity index (χ1v) is 16.2. The van der Waals surface area contributed by atoms with Gasteiger partial charge < -0.3 is 10.2 Å². The third-order valence-electron chi connectivity index (χ3n) is 7.28. The molecule has 3 aromatic carbocycles. The van der Waals surface area contributed by atoms with Gasteiger partial charge >= 0.3 is 0 Å². The summed E-state index contributed by atoms with van der Waals surface area (Å²) < 4.78 is 29.7. The molecule has 9 heteroatoms. The van der Waals surface area contributed by atoms with Crippen molar-refractivity contribution in [2.24, 2.45) is 0 Å². The van der Waals surface area contributed by atoms with Crippen LogP contribution < -0.4 is 9.62 Å². The van der Waals surface area contributed by atoms with Crippen LogP contribution in [-0.2, 0) is 26.2 Å². The molecule has 0 aromatic heterocycles. The number of hydrogen-bond acceptors (Lipinski definition) is 4. The summed E-state index contributed by atoms with van der Waals surface area (Å²) in [5, 5.41) is 3.13. The van der Waals surface area contributed by atoms with Crippen LogP contribution in [0.2, 0.25) is 0 Å². The number of aryl methyl sites for hydroxylation is 1. The van der Waals surface area contributed by atoms with Gasteiger partial charge in [-0.2, -0.15) is 0 Å². The maximum atomic E-state index is 14.0. The SMILES string of the molecule is Cc1cccc(CN(C(=O)CN(c2ccc(I)cc2)S(=O)(=O)c2ccccc2)[C@@H](C)C(=O)NC2CCCCC2)c1. The molecule has 0 heterocycles. The molecule has 1 aliphatic carbocycles. The van der Waals surface area contributed by atoms with Gasteiger partial charge in [0.2, 0.25) is 11.8 Å². The van der Waals surface area contributed by atoms with Gasteiger partial charge in [-0.25, -0.2) is 8.42 Å². The lowest BCUT2D eigenvalue weighted by Crippen LogP contribution is -2.53. The molecule has 0 radical (unpaired) electrons. The van der Waals surface area contributed by atoms with Crippen molar-refractivity contribution in [3.8, 4) is 0 Å². The van der Waals surface area contributed by atoms with Crippen LogP contribution in [0.5, 0.6) is 0 Å². The van der Waals surface area contributed by atoms with Crippen LogP contribution in [0.25, 0.3) is 0 Å². The van der Waals surface area contributed by atoms with Gasteiger partial charge in [-0.1, -0.05) is 67.3 Å². The first-order chi connectivity index (χ1) is 19.1. The van der Waals surface area contributed by atoms with Gasteiger partial charge in [0.1, 0.15) is 12.6 Å². The Labute approximate surface area is 251 Å². The van der Waals surface area contributed by atoms with E-state index in [1.165, 1.54) is 23.5 Å². The summed E-state index contributed by atoms with van der Waals surface area (Å²) in [4.78, 5) is 29.0. The van der Waals surface area contributed by atoms with Gasteiger partial charge in [0.25, 0.3) is 10.0 Å². The van der Waals surface area contributed by atoms with Crippen molar-refractivity contribution in [3.05, 3.63) is 93.6 Å². The van der Waals surface area contributed by atoms with Gasteiger partial charge in [-0.3, -0.25) is 13.9 Å². The number of nitrogens with zero attached hydrogens (tertiary/aromatic N) is 2. The minimum atomic E-state index is -4.06. The van der Waals surface area contributed by atoms with E-state index in [0.29, 0.717) is 5.69 Å². The van der Waals surface area contributed by atoms with Crippen LogP contribution in [0.15, 0.2) is 83.8 Å². The predicted molar refractivity (Wildman–Crippen MR) is 166 cm³/mol. The Bertz CT molecular complexity index is 1410. The van der Waals surface area contributed by atoms with Crippen molar-refractivity contribution >= 4 is 50.1 Å². The Kier molecular flexibility index (Phi) is 10.2. The third-order valence-corrected chi connectivity index (χ3v) is 9.79. The van der Waals surface area contributed by atoms with Crippen LogP contribution in [-0.4, -0.2) is 43.8 Å². The Balaban J connectivity index is 1.66. The molecule has 0 bridgehead atoms. The summed E-state index contributed by atoms with van der Waals surface area (Å²) in [6.45, 7) is 3.43. The van der Waals surface area contributed by atoms with Gasteiger partial charge in [0.05, 0.1) is 10.6 Å². The molecule has 40 heavy (non-hydrogen) atoms. The zero-order valence-corrected chi connectivity index (χ0v) is 25.9. The van der Waals surface area contributed by atoms with E-state index in [2.05, 4.69) is 27.9 Å². The smallest absolute Gasteiger partial charge is 0.264 e. The summed E-state index contributed by atoms with van der Waals surface area (Å²) in [5.41, 5.74) is 2.29. The second kappa shape index (κ2) is 13.6. The molecule has 0 saturated heterocycles. The van der Waals surface area contributed by atoms with Crippen molar-refractivity contribution in [2.45, 2.75) is 69.5 Å². The summed E-state index contributed by atoms with van der Waals surface area (Å²) in [5.74, 6) is -0.675. The zero-order valence-electron chi connectivity index (χ0n) is 22.9. The highest BCUT2D eigenvalue weighted by molar-refractivity contribution is 14.1. The molecule has 3 aromatic rings. The van der Waals surface area contributed by atoms with Crippen molar-refractivity contribution in [1.82, 2.24) is 10.2 Å². The van der Waals surface area contributed by atoms with Crippen LogP contribution in [0.4, 0.5) is 5.69 Å². The monoisotopic (exact) mass is 673 g/mol. The quantitative estimate of drug-likeness (QED) is 0.282. The van der Waals surface area contributed by atoms with Crippen LogP contribution in [0.3, 0.4) is 0 Å². The highest BCUT2D eigenvalue weighted by Gasteiger charge is 2.33. The largest absolute Gasteiger partial charge is 0.352 e. The van der Waals surface area contributed by atoms with E-state index < -0.39 is 28.5 Å². The number of rotatable bonds is 10. The number of anilines is 1. The molecule has 4 rings (SSSR count). The lowest BCUT2D eigenvalue weighted by atomic mass is 9.95. The van der Waals surface area contributed by atoms with E-state index in [0.717, 1.165) is 44.7 Å². The second-order valence-corrected chi connectivity index (χ2v) is 13.4. The summed E-state index contributed by atoms with van der Waals surface area (Å²) in [6, 6.07) is 22.2. The number of amides is 2. The standard InChI is InChI=1S/C31H36IN3O4S/c1-23-10-9-11-25(20-23)21-34(24(2)31(37)33-27-12-5-3-6-13-27)30(36)22-35(28-18-16-26(32)17-19-28)40(38,39)29-14-7-4-8-15-29/h4,7-11,14-20,24,27H,3,5-6,12-13,21-22H2,1-2H3,(H,33,37)/t24-/m0/s1. The normalized spacial score (nSPS) is 14.8. The first kappa shape index (κ1) is 30.0. The van der Waals surface area contributed by atoms with E-state index in [4.69, 9.17) is 0 Å². The molecule has 1 atom stereocenters. The number of carbonyl (C=O) groups is 2. The highest BCUT2D eigenvalue weighted by Crippen LogP contribution is 2.25. The predicted octanol–water partition coefficient (Wildman–Crippen LogP) is 5.66. The average Bonchev–Trinajstić information content (AvgIpc) is 2.95. The zero-order chi connectivity index (χ0) is 28.7. The molecule has 212 valence electrons. The van der Waals surface area contributed by atoms with Crippen LogP contribution in [0.1, 0.15) is 50.2 Å². The van der Waals surface area contributed by atoms with E-state index in [1.54, 1.807) is 49.4 Å². The Hall–Kier alpha value is -2.92. The van der Waals surface area contributed by atoms with E-state index in [-0.39, 0.29) is 23.4 Å². The van der Waals surface area contributed by atoms with Gasteiger partial charge in [0, 0.05) is 16.2 Å². The van der Waals surface area contributed by atoms with Gasteiger partial charge in [0.15, 0.2) is 0 Å². The molecule has 7 nitrogen and oxygen atoms in total. The minimum Gasteiger partial charge on any atom is -0.352 e. The van der Waals surface area contributed by atoms with E-state index in [9.17, 15) is 18.0 Å². The maximum absolute atomic E-state index is 14.0. The molecule has 0 unspecified atom stereocenters. The minimum absolute atomic E-state index is 0.0923. The Morgan fingerprint density at radius 2 is 1.62 bits per heavy atom. The molecule has 0 spiro atoms. The molecule has 1 fully saturated rings. The molecular formula is C31H36IN3O4S. The van der Waals surface area contributed by atoms with Gasteiger partial charge in [-0.15, -0.1) is 0 Å². The number of halogens is 1. The molecule has 1 aliphatic rings. The van der Waals surface area contributed by atoms with Crippen molar-refractivity contribution in [3.63, 3.8) is 0 Å². The van der Waals surface area contributed by atoms with E-state index in [1.807, 2.05) is 31.2 Å². The van der Waals surface area contributed by atoms with Crippen molar-refractivity contribution in [1.29, 1.82) is 0 Å². The number of nitrogens with one attached hydrogen (secondary N) is 1. The van der Waals surface area contributed by atoms with Gasteiger partial charge in [-0.05, 0) is 91.2 Å². The van der Waals surface area contributed by atoms with Crippen molar-refractivity contribution in [2.75, 3.05) is 10.8 Å². The molecule has 1 N–H and O–H groups in total. The lowest BCUT2D eigenvalue weighted by Gasteiger charge is -2.33. The fourth-order valence-electron chi connectivity index (χ4n) is 5.01. The Morgan fingerprint density at radius 1 is 0.950 bits per heavy atom. The number of carbonyl (C=O) groups excluding carboxylic acids is 2. The average molecular weight is 674 g/mol. The topological polar surface area (TPSA) is 86.8 Å². The fourth-order valence-corrected chi connectivity index (χ4v) is 6.81. The van der Waals surface area contributed by atoms with Crippen molar-refractivity contribution < 1.29 is 18.0 Å². The van der Waals surface area contributed by atoms with E-state index >= 15 is 0 Å². The third kappa shape index (κ3) is 7.63. The first-order valence-electron chi connectivity index (χ1n) is 13.6. The van der Waals surface area contributed by atoms with Crippen LogP contribution in [0, 0.1) is 10.5 Å².